The standard InChI is InChI=1S/C13H10O4/c1-2-17-13(16)7-6-12-10(8-14)4-3-5-11(12)9-15/h3-5,8-9H,2H2,1H3. The van der Waals surface area contributed by atoms with Crippen LogP contribution in [0.3, 0.4) is 0 Å². The summed E-state index contributed by atoms with van der Waals surface area (Å²) in [5.41, 5.74) is 0.781. The van der Waals surface area contributed by atoms with Crippen molar-refractivity contribution in [3.05, 3.63) is 34.9 Å². The van der Waals surface area contributed by atoms with Crippen LogP contribution < -0.4 is 0 Å². The van der Waals surface area contributed by atoms with Crippen LogP contribution in [0, 0.1) is 11.8 Å². The molecular weight excluding hydrogens is 220 g/mol. The zero-order valence-electron chi connectivity index (χ0n) is 9.23. The fourth-order valence-corrected chi connectivity index (χ4v) is 1.21. The summed E-state index contributed by atoms with van der Waals surface area (Å²) in [6.07, 6.45) is 1.17. The number of rotatable bonds is 3. The summed E-state index contributed by atoms with van der Waals surface area (Å²) in [5.74, 6) is 4.01. The van der Waals surface area contributed by atoms with Crippen LogP contribution in [0.15, 0.2) is 18.2 Å². The fraction of sp³-hybridized carbons (Fsp3) is 0.154. The van der Waals surface area contributed by atoms with Crippen LogP contribution in [0.4, 0.5) is 0 Å². The molecular formula is C13H10O4. The summed E-state index contributed by atoms with van der Waals surface area (Å²) < 4.78 is 4.62. The van der Waals surface area contributed by atoms with Crippen molar-refractivity contribution in [3.8, 4) is 11.8 Å². The molecule has 86 valence electrons. The van der Waals surface area contributed by atoms with Gasteiger partial charge in [0, 0.05) is 22.6 Å². The van der Waals surface area contributed by atoms with E-state index in [1.54, 1.807) is 13.0 Å². The van der Waals surface area contributed by atoms with Crippen molar-refractivity contribution < 1.29 is 19.1 Å². The molecule has 0 bridgehead atoms. The van der Waals surface area contributed by atoms with E-state index in [9.17, 15) is 14.4 Å². The number of hydrogen-bond acceptors (Lipinski definition) is 4. The first kappa shape index (κ1) is 12.7. The summed E-state index contributed by atoms with van der Waals surface area (Å²) in [6, 6.07) is 4.62. The number of hydrogen-bond donors (Lipinski definition) is 0. The summed E-state index contributed by atoms with van der Waals surface area (Å²) >= 11 is 0. The highest BCUT2D eigenvalue weighted by Gasteiger charge is 2.05. The van der Waals surface area contributed by atoms with E-state index in [0.717, 1.165) is 0 Å². The Kier molecular flexibility index (Phi) is 4.64. The van der Waals surface area contributed by atoms with Crippen molar-refractivity contribution >= 4 is 18.5 Å². The predicted molar refractivity (Wildman–Crippen MR) is 60.7 cm³/mol. The molecule has 0 amide bonds. The van der Waals surface area contributed by atoms with Gasteiger partial charge in [0.25, 0.3) is 0 Å². The summed E-state index contributed by atoms with van der Waals surface area (Å²) in [6.45, 7) is 1.89. The maximum atomic E-state index is 11.0. The van der Waals surface area contributed by atoms with Gasteiger partial charge in [-0.15, -0.1) is 0 Å². The molecule has 0 saturated heterocycles. The molecule has 1 aromatic rings. The van der Waals surface area contributed by atoms with Crippen LogP contribution >= 0.6 is 0 Å². The molecule has 0 aromatic heterocycles. The van der Waals surface area contributed by atoms with Crippen LogP contribution in [-0.4, -0.2) is 25.1 Å². The Balaban J connectivity index is 3.15. The average Bonchev–Trinajstić information content (AvgIpc) is 2.36. The molecule has 1 rings (SSSR count). The summed E-state index contributed by atoms with van der Waals surface area (Å²) in [7, 11) is 0. The second kappa shape index (κ2) is 6.23. The van der Waals surface area contributed by atoms with Crippen LogP contribution in [-0.2, 0) is 9.53 Å². The number of esters is 1. The van der Waals surface area contributed by atoms with E-state index >= 15 is 0 Å². The van der Waals surface area contributed by atoms with Crippen molar-refractivity contribution in [1.29, 1.82) is 0 Å². The van der Waals surface area contributed by atoms with Gasteiger partial charge in [-0.1, -0.05) is 24.1 Å². The Morgan fingerprint density at radius 1 is 1.29 bits per heavy atom. The highest BCUT2D eigenvalue weighted by molar-refractivity contribution is 5.93. The quantitative estimate of drug-likeness (QED) is 0.445. The van der Waals surface area contributed by atoms with Crippen molar-refractivity contribution in [2.24, 2.45) is 0 Å². The van der Waals surface area contributed by atoms with Crippen molar-refractivity contribution in [2.45, 2.75) is 6.92 Å². The summed E-state index contributed by atoms with van der Waals surface area (Å²) in [5, 5.41) is 0. The molecule has 0 heterocycles. The average molecular weight is 230 g/mol. The number of aldehydes is 2. The minimum Gasteiger partial charge on any atom is -0.456 e. The normalized spacial score (nSPS) is 8.76. The molecule has 0 aliphatic heterocycles. The van der Waals surface area contributed by atoms with Crippen molar-refractivity contribution in [3.63, 3.8) is 0 Å². The first-order chi connectivity index (χ1) is 8.22. The third-order valence-corrected chi connectivity index (χ3v) is 1.95. The van der Waals surface area contributed by atoms with Crippen molar-refractivity contribution in [1.82, 2.24) is 0 Å². The molecule has 0 N–H and O–H groups in total. The molecule has 17 heavy (non-hydrogen) atoms. The molecule has 0 radical (unpaired) electrons. The van der Waals surface area contributed by atoms with Gasteiger partial charge >= 0.3 is 5.97 Å². The van der Waals surface area contributed by atoms with Crippen LogP contribution in [0.5, 0.6) is 0 Å². The number of ether oxygens (including phenoxy) is 1. The highest BCUT2D eigenvalue weighted by atomic mass is 16.5. The Morgan fingerprint density at radius 2 is 1.88 bits per heavy atom. The molecule has 0 aliphatic carbocycles. The first-order valence-electron chi connectivity index (χ1n) is 4.95. The molecule has 0 saturated carbocycles. The lowest BCUT2D eigenvalue weighted by atomic mass is 10.0. The molecule has 0 spiro atoms. The van der Waals surface area contributed by atoms with E-state index in [1.165, 1.54) is 12.1 Å². The number of benzene rings is 1. The SMILES string of the molecule is CCOC(=O)C#Cc1c(C=O)cccc1C=O. The molecule has 0 atom stereocenters. The predicted octanol–water partition coefficient (Wildman–Crippen LogP) is 1.23. The van der Waals surface area contributed by atoms with Gasteiger partial charge in [-0.05, 0) is 6.92 Å². The fourth-order valence-electron chi connectivity index (χ4n) is 1.21. The third-order valence-electron chi connectivity index (χ3n) is 1.95. The van der Waals surface area contributed by atoms with Crippen LogP contribution in [0.1, 0.15) is 33.2 Å². The second-order valence-corrected chi connectivity index (χ2v) is 3.02. The smallest absolute Gasteiger partial charge is 0.384 e. The largest absolute Gasteiger partial charge is 0.456 e. The molecule has 1 aromatic carbocycles. The third kappa shape index (κ3) is 3.28. The van der Waals surface area contributed by atoms with Gasteiger partial charge in [0.05, 0.1) is 6.61 Å². The van der Waals surface area contributed by atoms with Gasteiger partial charge in [0.1, 0.15) is 0 Å². The van der Waals surface area contributed by atoms with E-state index in [2.05, 4.69) is 16.6 Å². The summed E-state index contributed by atoms with van der Waals surface area (Å²) in [4.78, 5) is 32.6. The zero-order chi connectivity index (χ0) is 12.7. The Labute approximate surface area is 98.6 Å². The Hall–Kier alpha value is -2.41. The molecule has 0 fully saturated rings. The minimum atomic E-state index is -0.690. The number of carbonyl (C=O) groups is 3. The van der Waals surface area contributed by atoms with Crippen molar-refractivity contribution in [2.75, 3.05) is 6.61 Å². The lowest BCUT2D eigenvalue weighted by Crippen LogP contribution is -2.01. The van der Waals surface area contributed by atoms with E-state index in [4.69, 9.17) is 0 Å². The van der Waals surface area contributed by atoms with Gasteiger partial charge < -0.3 is 4.74 Å². The monoisotopic (exact) mass is 230 g/mol. The maximum Gasteiger partial charge on any atom is 0.384 e. The highest BCUT2D eigenvalue weighted by Crippen LogP contribution is 2.10. The lowest BCUT2D eigenvalue weighted by Gasteiger charge is -1.99. The first-order valence-corrected chi connectivity index (χ1v) is 4.95. The van der Waals surface area contributed by atoms with Crippen LogP contribution in [0.2, 0.25) is 0 Å². The molecule has 4 nitrogen and oxygen atoms in total. The van der Waals surface area contributed by atoms with E-state index in [1.807, 2.05) is 0 Å². The second-order valence-electron chi connectivity index (χ2n) is 3.02. The molecule has 0 unspecified atom stereocenters. The molecule has 0 aliphatic rings. The van der Waals surface area contributed by atoms with E-state index < -0.39 is 5.97 Å². The van der Waals surface area contributed by atoms with Gasteiger partial charge in [0.15, 0.2) is 12.6 Å². The van der Waals surface area contributed by atoms with Crippen LogP contribution in [0.25, 0.3) is 0 Å². The molecule has 4 heteroatoms. The van der Waals surface area contributed by atoms with Gasteiger partial charge in [-0.2, -0.15) is 0 Å². The maximum absolute atomic E-state index is 11.0. The Morgan fingerprint density at radius 3 is 2.35 bits per heavy atom. The zero-order valence-corrected chi connectivity index (χ0v) is 9.23. The van der Waals surface area contributed by atoms with E-state index in [0.29, 0.717) is 12.6 Å². The van der Waals surface area contributed by atoms with E-state index in [-0.39, 0.29) is 23.3 Å². The van der Waals surface area contributed by atoms with Gasteiger partial charge in [0.2, 0.25) is 0 Å². The Bertz CT molecular complexity index is 480. The lowest BCUT2D eigenvalue weighted by molar-refractivity contribution is -0.136. The minimum absolute atomic E-state index is 0.226. The number of carbonyl (C=O) groups excluding carboxylic acids is 3. The van der Waals surface area contributed by atoms with Gasteiger partial charge in [-0.3, -0.25) is 9.59 Å². The van der Waals surface area contributed by atoms with Gasteiger partial charge in [-0.25, -0.2) is 4.79 Å². The topological polar surface area (TPSA) is 60.4 Å².